The zero-order chi connectivity index (χ0) is 24.8. The Hall–Kier alpha value is -1.81. The molecule has 4 N–H and O–H groups in total. The van der Waals surface area contributed by atoms with E-state index >= 15 is 0 Å². The van der Waals surface area contributed by atoms with Crippen molar-refractivity contribution in [3.63, 3.8) is 0 Å². The molecular weight excluding hydrogens is 500 g/mol. The molecule has 1 saturated heterocycles. The number of rotatable bonds is 6. The predicted molar refractivity (Wildman–Crippen MR) is 145 cm³/mol. The van der Waals surface area contributed by atoms with Crippen LogP contribution in [0.15, 0.2) is 46.6 Å². The monoisotopic (exact) mass is 532 g/mol. The summed E-state index contributed by atoms with van der Waals surface area (Å²) in [6.07, 6.45) is 12.6. The van der Waals surface area contributed by atoms with Gasteiger partial charge in [-0.2, -0.15) is 0 Å². The lowest BCUT2D eigenvalue weighted by Gasteiger charge is -2.45. The van der Waals surface area contributed by atoms with Gasteiger partial charge < -0.3 is 10.6 Å². The maximum Gasteiger partial charge on any atom is 0.211 e. The van der Waals surface area contributed by atoms with E-state index in [1.54, 1.807) is 6.07 Å². The highest BCUT2D eigenvalue weighted by Crippen LogP contribution is 2.53. The fourth-order valence-electron chi connectivity index (χ4n) is 5.93. The summed E-state index contributed by atoms with van der Waals surface area (Å²) < 4.78 is 13.8. The molecule has 2 aromatic heterocycles. The zero-order valence-corrected chi connectivity index (χ0v) is 22.6. The van der Waals surface area contributed by atoms with Crippen LogP contribution >= 0.6 is 23.4 Å². The van der Waals surface area contributed by atoms with E-state index < -0.39 is 11.0 Å². The maximum atomic E-state index is 12.1. The number of imidazole rings is 1. The van der Waals surface area contributed by atoms with Crippen LogP contribution in [0.1, 0.15) is 52.4 Å². The number of aromatic nitrogens is 3. The summed E-state index contributed by atoms with van der Waals surface area (Å²) in [7, 11) is -1.31. The number of hydrogen-bond acceptors (Lipinski definition) is 6. The van der Waals surface area contributed by atoms with Crippen LogP contribution in [-0.2, 0) is 11.0 Å². The zero-order valence-electron chi connectivity index (χ0n) is 20.2. The second-order valence-corrected chi connectivity index (χ2v) is 13.7. The van der Waals surface area contributed by atoms with Gasteiger partial charge >= 0.3 is 0 Å². The summed E-state index contributed by atoms with van der Waals surface area (Å²) in [4.78, 5) is 13.7. The van der Waals surface area contributed by atoms with Gasteiger partial charge in [-0.25, -0.2) is 14.2 Å². The quantitative estimate of drug-likeness (QED) is 0.418. The molecule has 2 fully saturated rings. The minimum Gasteiger partial charge on any atom is -0.397 e. The van der Waals surface area contributed by atoms with Crippen LogP contribution in [-0.4, -0.2) is 36.4 Å². The Bertz CT molecular complexity index is 1250. The Balaban J connectivity index is 1.35. The normalized spacial score (nSPS) is 21.1. The standard InChI is InChI=1S/C25H33ClN6OS2/c1-24(2,35(28)33)15-17-5-4-8-25(17)9-12-31(13-10-25)23-30-16-20(22-29-11-14-32(22)23)34-19-7-3-6-18(27)21(19)26/h3,6-7,11,14,16-17H,4-5,8-10,12-13,15,27-28H2,1-2H3/t17-,35?/m1/s1. The number of nitrogens with zero attached hydrogens (tertiary/aromatic N) is 4. The average Bonchev–Trinajstić information content (AvgIpc) is 3.46. The van der Waals surface area contributed by atoms with Gasteiger partial charge in [-0.05, 0) is 69.4 Å². The summed E-state index contributed by atoms with van der Waals surface area (Å²) in [5.41, 5.74) is 7.74. The van der Waals surface area contributed by atoms with Crippen molar-refractivity contribution < 1.29 is 4.21 Å². The summed E-state index contributed by atoms with van der Waals surface area (Å²) in [6, 6.07) is 5.66. The number of halogens is 1. The van der Waals surface area contributed by atoms with Gasteiger partial charge in [0.05, 0.1) is 31.3 Å². The first kappa shape index (κ1) is 24.9. The van der Waals surface area contributed by atoms with E-state index in [1.165, 1.54) is 31.0 Å². The van der Waals surface area contributed by atoms with Crippen molar-refractivity contribution in [3.8, 4) is 0 Å². The van der Waals surface area contributed by atoms with Crippen LogP contribution in [0.4, 0.5) is 11.6 Å². The molecule has 7 nitrogen and oxygen atoms in total. The van der Waals surface area contributed by atoms with Crippen molar-refractivity contribution in [2.24, 2.45) is 16.5 Å². The molecule has 1 aliphatic heterocycles. The van der Waals surface area contributed by atoms with Crippen LogP contribution in [0.25, 0.3) is 5.65 Å². The van der Waals surface area contributed by atoms with E-state index in [1.807, 2.05) is 44.6 Å². The SMILES string of the molecule is CC(C)(C[C@H]1CCCC12CCN(c1ncc(Sc3cccc(N)c3Cl)c3nccn13)CC2)S(N)=O. The van der Waals surface area contributed by atoms with Gasteiger partial charge in [-0.1, -0.05) is 35.9 Å². The molecular formula is C25H33ClN6OS2. The molecule has 0 radical (unpaired) electrons. The minimum absolute atomic E-state index is 0.320. The fraction of sp³-hybridized carbons (Fsp3) is 0.520. The number of hydrogen-bond donors (Lipinski definition) is 2. The highest BCUT2D eigenvalue weighted by Gasteiger charge is 2.47. The lowest BCUT2D eigenvalue weighted by molar-refractivity contribution is 0.133. The van der Waals surface area contributed by atoms with Crippen LogP contribution < -0.4 is 15.8 Å². The number of anilines is 2. The first-order valence-corrected chi connectivity index (χ1v) is 14.6. The third kappa shape index (κ3) is 4.68. The highest BCUT2D eigenvalue weighted by atomic mass is 35.5. The molecule has 3 aromatic rings. The number of nitrogen functional groups attached to an aromatic ring is 1. The second-order valence-electron chi connectivity index (χ2n) is 10.5. The maximum absolute atomic E-state index is 12.1. The summed E-state index contributed by atoms with van der Waals surface area (Å²) in [6.45, 7) is 5.99. The predicted octanol–water partition coefficient (Wildman–Crippen LogP) is 5.29. The lowest BCUT2D eigenvalue weighted by Crippen LogP contribution is -2.45. The summed E-state index contributed by atoms with van der Waals surface area (Å²) >= 11 is 7.95. The minimum atomic E-state index is -1.31. The molecule has 0 amide bonds. The number of nitrogens with two attached hydrogens (primary N) is 2. The van der Waals surface area contributed by atoms with E-state index in [0.29, 0.717) is 22.0 Å². The molecule has 2 aliphatic rings. The summed E-state index contributed by atoms with van der Waals surface area (Å²) in [5, 5.41) is 6.37. The van der Waals surface area contributed by atoms with Gasteiger partial charge in [0.2, 0.25) is 5.95 Å². The van der Waals surface area contributed by atoms with E-state index in [2.05, 4.69) is 14.3 Å². The van der Waals surface area contributed by atoms with Crippen molar-refractivity contribution in [2.45, 2.75) is 66.9 Å². The lowest BCUT2D eigenvalue weighted by atomic mass is 9.68. The van der Waals surface area contributed by atoms with E-state index in [0.717, 1.165) is 53.7 Å². The van der Waals surface area contributed by atoms with Gasteiger partial charge in [-0.3, -0.25) is 9.54 Å². The molecule has 1 spiro atoms. The molecule has 3 heterocycles. The van der Waals surface area contributed by atoms with Crippen LogP contribution in [0.2, 0.25) is 5.02 Å². The second kappa shape index (κ2) is 9.57. The van der Waals surface area contributed by atoms with E-state index in [9.17, 15) is 4.21 Å². The van der Waals surface area contributed by atoms with Crippen molar-refractivity contribution in [3.05, 3.63) is 41.8 Å². The largest absolute Gasteiger partial charge is 0.397 e. The van der Waals surface area contributed by atoms with Crippen molar-refractivity contribution >= 4 is 51.6 Å². The summed E-state index contributed by atoms with van der Waals surface area (Å²) in [5.74, 6) is 1.50. The van der Waals surface area contributed by atoms with Gasteiger partial charge in [0.15, 0.2) is 5.65 Å². The van der Waals surface area contributed by atoms with Gasteiger partial charge in [0.1, 0.15) is 0 Å². The smallest absolute Gasteiger partial charge is 0.211 e. The Labute approximate surface area is 218 Å². The molecule has 10 heteroatoms. The van der Waals surface area contributed by atoms with Crippen LogP contribution in [0, 0.1) is 11.3 Å². The molecule has 35 heavy (non-hydrogen) atoms. The Morgan fingerprint density at radius 3 is 2.74 bits per heavy atom. The van der Waals surface area contributed by atoms with Crippen molar-refractivity contribution in [2.75, 3.05) is 23.7 Å². The molecule has 0 bridgehead atoms. The average molecular weight is 533 g/mol. The third-order valence-electron chi connectivity index (χ3n) is 8.00. The molecule has 1 aliphatic carbocycles. The van der Waals surface area contributed by atoms with E-state index in [4.69, 9.17) is 27.5 Å². The molecule has 5 rings (SSSR count). The Kier molecular flexibility index (Phi) is 6.80. The first-order valence-electron chi connectivity index (χ1n) is 12.2. The Morgan fingerprint density at radius 1 is 1.23 bits per heavy atom. The molecule has 1 saturated carbocycles. The number of piperidine rings is 1. The van der Waals surface area contributed by atoms with E-state index in [-0.39, 0.29) is 4.75 Å². The molecule has 188 valence electrons. The van der Waals surface area contributed by atoms with Crippen LogP contribution in [0.3, 0.4) is 0 Å². The van der Waals surface area contributed by atoms with Gasteiger partial charge in [0.25, 0.3) is 0 Å². The number of fused-ring (bicyclic) bond motifs is 1. The number of benzene rings is 1. The van der Waals surface area contributed by atoms with Gasteiger partial charge in [0, 0.05) is 36.6 Å². The van der Waals surface area contributed by atoms with Crippen LogP contribution in [0.5, 0.6) is 0 Å². The fourth-order valence-corrected chi connectivity index (χ4v) is 7.48. The molecule has 1 aromatic carbocycles. The first-order chi connectivity index (χ1) is 16.7. The molecule has 2 atom stereocenters. The topological polar surface area (TPSA) is 103 Å². The van der Waals surface area contributed by atoms with Crippen molar-refractivity contribution in [1.29, 1.82) is 0 Å². The third-order valence-corrected chi connectivity index (χ3v) is 10.9. The molecule has 1 unspecified atom stereocenters. The highest BCUT2D eigenvalue weighted by molar-refractivity contribution is 7.99. The van der Waals surface area contributed by atoms with Crippen molar-refractivity contribution in [1.82, 2.24) is 14.4 Å². The van der Waals surface area contributed by atoms with Gasteiger partial charge in [-0.15, -0.1) is 0 Å². The Morgan fingerprint density at radius 2 is 2.00 bits per heavy atom.